The molecule has 0 saturated heterocycles. The van der Waals surface area contributed by atoms with Gasteiger partial charge in [-0.15, -0.1) is 0 Å². The molecule has 1 unspecified atom stereocenters. The van der Waals surface area contributed by atoms with Crippen LogP contribution in [-0.4, -0.2) is 21.7 Å². The molecule has 6 nitrogen and oxygen atoms in total. The van der Waals surface area contributed by atoms with E-state index < -0.39 is 5.82 Å². The SMILES string of the molecule is O=C(Nc1ccc(C2CC(c3cc(F)ccc3O)=NN2)cc1)c1ccnc(Cl)c1. The third-order valence-electron chi connectivity index (χ3n) is 4.58. The number of carbonyl (C=O) groups excluding carboxylic acids is 1. The normalized spacial score (nSPS) is 15.5. The number of aromatic hydroxyl groups is 1. The molecule has 29 heavy (non-hydrogen) atoms. The Morgan fingerprint density at radius 1 is 1.17 bits per heavy atom. The molecule has 1 aliphatic rings. The second-order valence-corrected chi connectivity index (χ2v) is 6.94. The van der Waals surface area contributed by atoms with Crippen molar-refractivity contribution in [2.75, 3.05) is 5.32 Å². The molecule has 4 rings (SSSR count). The minimum atomic E-state index is -0.431. The molecule has 3 N–H and O–H groups in total. The summed E-state index contributed by atoms with van der Waals surface area (Å²) in [6.45, 7) is 0. The lowest BCUT2D eigenvalue weighted by Gasteiger charge is -2.12. The molecule has 3 aromatic rings. The molecule has 1 aliphatic heterocycles. The van der Waals surface area contributed by atoms with Crippen molar-refractivity contribution in [2.24, 2.45) is 5.10 Å². The van der Waals surface area contributed by atoms with Gasteiger partial charge in [-0.2, -0.15) is 5.10 Å². The number of amides is 1. The highest BCUT2D eigenvalue weighted by Crippen LogP contribution is 2.29. The van der Waals surface area contributed by atoms with Crippen LogP contribution in [0, 0.1) is 5.82 Å². The second-order valence-electron chi connectivity index (χ2n) is 6.55. The summed E-state index contributed by atoms with van der Waals surface area (Å²) in [7, 11) is 0. The van der Waals surface area contributed by atoms with E-state index in [2.05, 4.69) is 20.8 Å². The van der Waals surface area contributed by atoms with Gasteiger partial charge in [0.05, 0.1) is 11.8 Å². The van der Waals surface area contributed by atoms with E-state index in [9.17, 15) is 14.3 Å². The molecule has 8 heteroatoms. The van der Waals surface area contributed by atoms with Crippen molar-refractivity contribution < 1.29 is 14.3 Å². The van der Waals surface area contributed by atoms with Gasteiger partial charge in [0.25, 0.3) is 5.91 Å². The zero-order valence-electron chi connectivity index (χ0n) is 15.1. The van der Waals surface area contributed by atoms with Gasteiger partial charge in [-0.25, -0.2) is 9.37 Å². The summed E-state index contributed by atoms with van der Waals surface area (Å²) in [5, 5.41) is 17.2. The van der Waals surface area contributed by atoms with Crippen LogP contribution in [0.25, 0.3) is 0 Å². The highest BCUT2D eigenvalue weighted by Gasteiger charge is 2.23. The van der Waals surface area contributed by atoms with Gasteiger partial charge in [0.15, 0.2) is 0 Å². The monoisotopic (exact) mass is 410 g/mol. The van der Waals surface area contributed by atoms with E-state index in [0.29, 0.717) is 28.9 Å². The fraction of sp³-hybridized carbons (Fsp3) is 0.0952. The zero-order valence-corrected chi connectivity index (χ0v) is 15.8. The zero-order chi connectivity index (χ0) is 20.4. The van der Waals surface area contributed by atoms with Crippen molar-refractivity contribution in [3.05, 3.63) is 88.5 Å². The van der Waals surface area contributed by atoms with Crippen LogP contribution in [0.4, 0.5) is 10.1 Å². The molecule has 2 aromatic carbocycles. The van der Waals surface area contributed by atoms with Crippen molar-refractivity contribution >= 4 is 28.9 Å². The number of phenols is 1. The van der Waals surface area contributed by atoms with E-state index in [1.807, 2.05) is 12.1 Å². The van der Waals surface area contributed by atoms with Gasteiger partial charge in [-0.05, 0) is 48.0 Å². The number of hydrogen-bond donors (Lipinski definition) is 3. The van der Waals surface area contributed by atoms with Crippen LogP contribution in [0.15, 0.2) is 65.9 Å². The summed E-state index contributed by atoms with van der Waals surface area (Å²) in [5.74, 6) is -0.727. The lowest BCUT2D eigenvalue weighted by Crippen LogP contribution is -2.13. The van der Waals surface area contributed by atoms with Gasteiger partial charge < -0.3 is 15.8 Å². The second kappa shape index (κ2) is 7.89. The van der Waals surface area contributed by atoms with Crippen molar-refractivity contribution in [1.82, 2.24) is 10.4 Å². The molecular formula is C21H16ClFN4O2. The number of hydrogen-bond acceptors (Lipinski definition) is 5. The van der Waals surface area contributed by atoms with Crippen molar-refractivity contribution in [3.63, 3.8) is 0 Å². The first-order valence-electron chi connectivity index (χ1n) is 8.83. The summed E-state index contributed by atoms with van der Waals surface area (Å²) in [6.07, 6.45) is 1.97. The maximum atomic E-state index is 13.5. The summed E-state index contributed by atoms with van der Waals surface area (Å²) >= 11 is 5.81. The molecular weight excluding hydrogens is 395 g/mol. The Bertz CT molecular complexity index is 1100. The maximum Gasteiger partial charge on any atom is 0.255 e. The standard InChI is InChI=1S/C21H16ClFN4O2/c22-20-9-13(7-8-24-20)21(29)25-15-4-1-12(2-5-15)17-11-18(27-26-17)16-10-14(23)3-6-19(16)28/h1-10,17,26,28H,11H2,(H,25,29). The molecule has 2 heterocycles. The number of nitrogens with one attached hydrogen (secondary N) is 2. The van der Waals surface area contributed by atoms with Crippen molar-refractivity contribution in [1.29, 1.82) is 0 Å². The summed E-state index contributed by atoms with van der Waals surface area (Å²) in [4.78, 5) is 16.1. The molecule has 0 radical (unpaired) electrons. The topological polar surface area (TPSA) is 86.6 Å². The van der Waals surface area contributed by atoms with E-state index >= 15 is 0 Å². The van der Waals surface area contributed by atoms with Crippen LogP contribution in [0.5, 0.6) is 5.75 Å². The third kappa shape index (κ3) is 4.20. The Kier molecular flexibility index (Phi) is 5.14. The average molecular weight is 411 g/mol. The van der Waals surface area contributed by atoms with Crippen molar-refractivity contribution in [3.8, 4) is 5.75 Å². The van der Waals surface area contributed by atoms with E-state index in [1.54, 1.807) is 18.2 Å². The number of pyridine rings is 1. The highest BCUT2D eigenvalue weighted by atomic mass is 35.5. The maximum absolute atomic E-state index is 13.5. The van der Waals surface area contributed by atoms with Crippen LogP contribution < -0.4 is 10.7 Å². The van der Waals surface area contributed by atoms with Crippen molar-refractivity contribution in [2.45, 2.75) is 12.5 Å². The van der Waals surface area contributed by atoms with E-state index in [-0.39, 0.29) is 22.9 Å². The fourth-order valence-electron chi connectivity index (χ4n) is 3.09. The van der Waals surface area contributed by atoms with Gasteiger partial charge in [0, 0.05) is 29.4 Å². The van der Waals surface area contributed by atoms with Crippen LogP contribution >= 0.6 is 11.6 Å². The third-order valence-corrected chi connectivity index (χ3v) is 4.79. The predicted octanol–water partition coefficient (Wildman–Crippen LogP) is 4.27. The molecule has 0 aliphatic carbocycles. The highest BCUT2D eigenvalue weighted by molar-refractivity contribution is 6.29. The van der Waals surface area contributed by atoms with Crippen LogP contribution in [0.1, 0.15) is 33.9 Å². The van der Waals surface area contributed by atoms with Gasteiger partial charge in [-0.1, -0.05) is 23.7 Å². The van der Waals surface area contributed by atoms with Crippen LogP contribution in [0.3, 0.4) is 0 Å². The van der Waals surface area contributed by atoms with Gasteiger partial charge in [0.1, 0.15) is 16.7 Å². The first-order valence-corrected chi connectivity index (χ1v) is 9.21. The first kappa shape index (κ1) is 18.9. The number of benzene rings is 2. The van der Waals surface area contributed by atoms with Gasteiger partial charge in [-0.3, -0.25) is 4.79 Å². The number of aromatic nitrogens is 1. The predicted molar refractivity (Wildman–Crippen MR) is 109 cm³/mol. The van der Waals surface area contributed by atoms with Crippen LogP contribution in [-0.2, 0) is 0 Å². The molecule has 0 bridgehead atoms. The molecule has 0 spiro atoms. The minimum Gasteiger partial charge on any atom is -0.507 e. The summed E-state index contributed by atoms with van der Waals surface area (Å²) in [5.41, 5.74) is 5.96. The lowest BCUT2D eigenvalue weighted by molar-refractivity contribution is 0.102. The number of anilines is 1. The Morgan fingerprint density at radius 3 is 2.72 bits per heavy atom. The molecule has 1 atom stereocenters. The smallest absolute Gasteiger partial charge is 0.255 e. The molecule has 1 aromatic heterocycles. The van der Waals surface area contributed by atoms with E-state index in [0.717, 1.165) is 5.56 Å². The van der Waals surface area contributed by atoms with E-state index in [4.69, 9.17) is 11.6 Å². The number of halogens is 2. The summed E-state index contributed by atoms with van der Waals surface area (Å²) in [6, 6.07) is 14.1. The first-order chi connectivity index (χ1) is 14.0. The molecule has 146 valence electrons. The van der Waals surface area contributed by atoms with Gasteiger partial charge in [0.2, 0.25) is 0 Å². The Labute approximate surface area is 171 Å². The van der Waals surface area contributed by atoms with E-state index in [1.165, 1.54) is 30.5 Å². The Balaban J connectivity index is 1.42. The lowest BCUT2D eigenvalue weighted by atomic mass is 9.98. The molecule has 0 fully saturated rings. The minimum absolute atomic E-state index is 0.0122. The van der Waals surface area contributed by atoms with Gasteiger partial charge >= 0.3 is 0 Å². The number of hydrazone groups is 1. The quantitative estimate of drug-likeness (QED) is 0.560. The molecule has 1 amide bonds. The number of nitrogens with zero attached hydrogens (tertiary/aromatic N) is 2. The van der Waals surface area contributed by atoms with Crippen LogP contribution in [0.2, 0.25) is 5.15 Å². The largest absolute Gasteiger partial charge is 0.507 e. The average Bonchev–Trinajstić information content (AvgIpc) is 3.20. The number of phenolic OH excluding ortho intramolecular Hbond substituents is 1. The number of carbonyl (C=O) groups is 1. The Morgan fingerprint density at radius 2 is 1.97 bits per heavy atom. The fourth-order valence-corrected chi connectivity index (χ4v) is 3.26. The Hall–Kier alpha value is -3.45. The summed E-state index contributed by atoms with van der Waals surface area (Å²) < 4.78 is 13.5. The molecule has 0 saturated carbocycles. The number of rotatable bonds is 4.